The smallest absolute Gasteiger partial charge is 0.239 e. The van der Waals surface area contributed by atoms with Gasteiger partial charge in [-0.2, -0.15) is 0 Å². The van der Waals surface area contributed by atoms with Gasteiger partial charge in [0, 0.05) is 32.2 Å². The highest BCUT2D eigenvalue weighted by atomic mass is 16.2. The van der Waals surface area contributed by atoms with Crippen LogP contribution in [0.2, 0.25) is 0 Å². The molecule has 1 aliphatic rings. The number of likely N-dealkylation sites (N-methyl/N-ethyl adjacent to an activating group) is 2. The zero-order valence-corrected chi connectivity index (χ0v) is 11.2. The van der Waals surface area contributed by atoms with Gasteiger partial charge in [0.2, 0.25) is 5.91 Å². The van der Waals surface area contributed by atoms with E-state index in [1.165, 1.54) is 0 Å². The van der Waals surface area contributed by atoms with Crippen LogP contribution in [0.1, 0.15) is 27.2 Å². The maximum absolute atomic E-state index is 11.9. The number of amides is 1. The Morgan fingerprint density at radius 2 is 2.25 bits per heavy atom. The maximum atomic E-state index is 11.9. The fourth-order valence-corrected chi connectivity index (χ4v) is 2.23. The molecule has 4 heteroatoms. The van der Waals surface area contributed by atoms with Crippen LogP contribution in [0.25, 0.3) is 0 Å². The van der Waals surface area contributed by atoms with Crippen molar-refractivity contribution in [3.63, 3.8) is 0 Å². The van der Waals surface area contributed by atoms with Crippen molar-refractivity contribution in [3.05, 3.63) is 0 Å². The van der Waals surface area contributed by atoms with E-state index in [4.69, 9.17) is 0 Å². The van der Waals surface area contributed by atoms with Gasteiger partial charge in [0.05, 0.1) is 6.04 Å². The lowest BCUT2D eigenvalue weighted by molar-refractivity contribution is -0.131. The molecule has 4 nitrogen and oxygen atoms in total. The topological polar surface area (TPSA) is 35.6 Å². The fraction of sp³-hybridized carbons (Fsp3) is 0.917. The SMILES string of the molecule is CCN(C)C(=O)C(C)NC1CC(C)N(C)C1. The Hall–Kier alpha value is -0.610. The van der Waals surface area contributed by atoms with E-state index in [-0.39, 0.29) is 11.9 Å². The van der Waals surface area contributed by atoms with E-state index < -0.39 is 0 Å². The van der Waals surface area contributed by atoms with E-state index in [1.807, 2.05) is 20.9 Å². The van der Waals surface area contributed by atoms with Crippen LogP contribution in [0.3, 0.4) is 0 Å². The van der Waals surface area contributed by atoms with Crippen LogP contribution >= 0.6 is 0 Å². The van der Waals surface area contributed by atoms with Gasteiger partial charge in [-0.3, -0.25) is 4.79 Å². The third-order valence-electron chi connectivity index (χ3n) is 3.59. The predicted octanol–water partition coefficient (Wildman–Crippen LogP) is 0.535. The van der Waals surface area contributed by atoms with Crippen molar-refractivity contribution in [1.29, 1.82) is 0 Å². The third kappa shape index (κ3) is 3.19. The molecule has 3 atom stereocenters. The normalized spacial score (nSPS) is 28.1. The lowest BCUT2D eigenvalue weighted by Crippen LogP contribution is -2.47. The Labute approximate surface area is 99.0 Å². The van der Waals surface area contributed by atoms with Crippen molar-refractivity contribution in [2.45, 2.75) is 45.3 Å². The third-order valence-corrected chi connectivity index (χ3v) is 3.59. The van der Waals surface area contributed by atoms with Gasteiger partial charge in [0.25, 0.3) is 0 Å². The molecule has 0 aromatic carbocycles. The summed E-state index contributed by atoms with van der Waals surface area (Å²) in [7, 11) is 3.99. The van der Waals surface area contributed by atoms with Crippen molar-refractivity contribution in [2.75, 3.05) is 27.2 Å². The number of hydrogen-bond donors (Lipinski definition) is 1. The van der Waals surface area contributed by atoms with Crippen LogP contribution in [0.5, 0.6) is 0 Å². The van der Waals surface area contributed by atoms with Gasteiger partial charge in [0.1, 0.15) is 0 Å². The highest BCUT2D eigenvalue weighted by molar-refractivity contribution is 5.81. The Morgan fingerprint density at radius 1 is 1.62 bits per heavy atom. The summed E-state index contributed by atoms with van der Waals surface area (Å²) in [5.41, 5.74) is 0. The Kier molecular flexibility index (Phi) is 4.74. The number of carbonyl (C=O) groups is 1. The average molecular weight is 227 g/mol. The predicted molar refractivity (Wildman–Crippen MR) is 66.4 cm³/mol. The molecule has 0 bridgehead atoms. The van der Waals surface area contributed by atoms with E-state index >= 15 is 0 Å². The zero-order chi connectivity index (χ0) is 12.3. The molecule has 16 heavy (non-hydrogen) atoms. The molecule has 0 spiro atoms. The minimum atomic E-state index is -0.0753. The quantitative estimate of drug-likeness (QED) is 0.761. The van der Waals surface area contributed by atoms with Crippen LogP contribution < -0.4 is 5.32 Å². The lowest BCUT2D eigenvalue weighted by Gasteiger charge is -2.23. The molecule has 0 aliphatic carbocycles. The standard InChI is InChI=1S/C12H25N3O/c1-6-14(4)12(16)10(3)13-11-7-9(2)15(5)8-11/h9-11,13H,6-8H2,1-5H3. The van der Waals surface area contributed by atoms with E-state index in [0.717, 1.165) is 19.5 Å². The van der Waals surface area contributed by atoms with Crippen molar-refractivity contribution in [2.24, 2.45) is 0 Å². The molecule has 0 saturated carbocycles. The first-order valence-electron chi connectivity index (χ1n) is 6.17. The molecule has 94 valence electrons. The average Bonchev–Trinajstić information content (AvgIpc) is 2.55. The molecule has 0 radical (unpaired) electrons. The molecule has 1 aliphatic heterocycles. The van der Waals surface area contributed by atoms with Gasteiger partial charge in [-0.25, -0.2) is 0 Å². The van der Waals surface area contributed by atoms with E-state index in [0.29, 0.717) is 12.1 Å². The fourth-order valence-electron chi connectivity index (χ4n) is 2.23. The van der Waals surface area contributed by atoms with Gasteiger partial charge in [-0.1, -0.05) is 0 Å². The first-order valence-corrected chi connectivity index (χ1v) is 6.17. The van der Waals surface area contributed by atoms with E-state index in [9.17, 15) is 4.79 Å². The number of likely N-dealkylation sites (tertiary alicyclic amines) is 1. The Morgan fingerprint density at radius 3 is 2.69 bits per heavy atom. The van der Waals surface area contributed by atoms with Gasteiger partial charge in [-0.15, -0.1) is 0 Å². The monoisotopic (exact) mass is 227 g/mol. The number of hydrogen-bond acceptors (Lipinski definition) is 3. The summed E-state index contributed by atoms with van der Waals surface area (Å²) >= 11 is 0. The van der Waals surface area contributed by atoms with Crippen molar-refractivity contribution in [3.8, 4) is 0 Å². The van der Waals surface area contributed by atoms with Gasteiger partial charge in [0.15, 0.2) is 0 Å². The second-order valence-corrected chi connectivity index (χ2v) is 4.96. The van der Waals surface area contributed by atoms with Crippen LogP contribution in [0, 0.1) is 0 Å². The van der Waals surface area contributed by atoms with Crippen molar-refractivity contribution >= 4 is 5.91 Å². The molecule has 1 heterocycles. The molecule has 1 N–H and O–H groups in total. The first-order chi connectivity index (χ1) is 7.45. The molecular formula is C12H25N3O. The minimum Gasteiger partial charge on any atom is -0.345 e. The summed E-state index contributed by atoms with van der Waals surface area (Å²) in [6.07, 6.45) is 1.13. The van der Waals surface area contributed by atoms with Crippen molar-refractivity contribution < 1.29 is 4.79 Å². The lowest BCUT2D eigenvalue weighted by atomic mass is 10.1. The van der Waals surface area contributed by atoms with Crippen molar-refractivity contribution in [1.82, 2.24) is 15.1 Å². The molecule has 1 fully saturated rings. The number of rotatable bonds is 4. The molecule has 1 rings (SSSR count). The molecule has 1 amide bonds. The second-order valence-electron chi connectivity index (χ2n) is 4.96. The Balaban J connectivity index is 2.40. The summed E-state index contributed by atoms with van der Waals surface area (Å²) in [5.74, 6) is 0.185. The summed E-state index contributed by atoms with van der Waals surface area (Å²) in [5, 5.41) is 3.42. The number of carbonyl (C=O) groups excluding carboxylic acids is 1. The Bertz CT molecular complexity index is 234. The molecule has 0 aromatic rings. The van der Waals surface area contributed by atoms with Crippen LogP contribution in [0.4, 0.5) is 0 Å². The van der Waals surface area contributed by atoms with Gasteiger partial charge in [-0.05, 0) is 34.2 Å². The zero-order valence-electron chi connectivity index (χ0n) is 11.2. The number of nitrogens with one attached hydrogen (secondary N) is 1. The minimum absolute atomic E-state index is 0.0753. The van der Waals surface area contributed by atoms with Crippen LogP contribution in [-0.2, 0) is 4.79 Å². The summed E-state index contributed by atoms with van der Waals surface area (Å²) in [4.78, 5) is 16.0. The van der Waals surface area contributed by atoms with Gasteiger partial charge < -0.3 is 15.1 Å². The molecular weight excluding hydrogens is 202 g/mol. The highest BCUT2D eigenvalue weighted by Gasteiger charge is 2.28. The maximum Gasteiger partial charge on any atom is 0.239 e. The van der Waals surface area contributed by atoms with E-state index in [1.54, 1.807) is 4.90 Å². The van der Waals surface area contributed by atoms with Crippen LogP contribution in [-0.4, -0.2) is 61.0 Å². The number of nitrogens with zero attached hydrogens (tertiary/aromatic N) is 2. The molecule has 3 unspecified atom stereocenters. The van der Waals surface area contributed by atoms with Crippen LogP contribution in [0.15, 0.2) is 0 Å². The largest absolute Gasteiger partial charge is 0.345 e. The van der Waals surface area contributed by atoms with E-state index in [2.05, 4.69) is 24.2 Å². The molecule has 1 saturated heterocycles. The first kappa shape index (κ1) is 13.5. The second kappa shape index (κ2) is 5.64. The summed E-state index contributed by atoms with van der Waals surface area (Å²) in [6.45, 7) is 7.99. The summed E-state index contributed by atoms with van der Waals surface area (Å²) < 4.78 is 0. The van der Waals surface area contributed by atoms with Gasteiger partial charge >= 0.3 is 0 Å². The summed E-state index contributed by atoms with van der Waals surface area (Å²) in [6, 6.07) is 0.988. The highest BCUT2D eigenvalue weighted by Crippen LogP contribution is 2.15. The molecule has 0 aromatic heterocycles.